The van der Waals surface area contributed by atoms with E-state index in [-0.39, 0.29) is 0 Å². The van der Waals surface area contributed by atoms with E-state index in [0.717, 1.165) is 16.8 Å². The van der Waals surface area contributed by atoms with Gasteiger partial charge in [0.2, 0.25) is 0 Å². The van der Waals surface area contributed by atoms with Crippen LogP contribution in [0.3, 0.4) is 0 Å². The molecule has 0 aliphatic carbocycles. The molecule has 0 saturated heterocycles. The van der Waals surface area contributed by atoms with Crippen molar-refractivity contribution in [3.8, 4) is 0 Å². The van der Waals surface area contributed by atoms with E-state index in [9.17, 15) is 5.11 Å². The maximum absolute atomic E-state index is 9.97. The molecule has 0 amide bonds. The second-order valence-corrected chi connectivity index (χ2v) is 4.26. The SMILES string of the molecule is Nc1ccccc1CNCC(O)c1ccccc1. The molecule has 0 fully saturated rings. The summed E-state index contributed by atoms with van der Waals surface area (Å²) < 4.78 is 0. The predicted molar refractivity (Wildman–Crippen MR) is 74.0 cm³/mol. The number of anilines is 1. The van der Waals surface area contributed by atoms with Crippen molar-refractivity contribution in [2.75, 3.05) is 12.3 Å². The molecule has 0 aliphatic heterocycles. The number of aliphatic hydroxyl groups is 1. The van der Waals surface area contributed by atoms with Crippen LogP contribution in [-0.4, -0.2) is 11.7 Å². The zero-order valence-electron chi connectivity index (χ0n) is 10.2. The summed E-state index contributed by atoms with van der Waals surface area (Å²) in [5.74, 6) is 0. The Hall–Kier alpha value is -1.84. The second kappa shape index (κ2) is 6.19. The average molecular weight is 242 g/mol. The van der Waals surface area contributed by atoms with E-state index in [0.29, 0.717) is 13.1 Å². The first-order chi connectivity index (χ1) is 8.77. The molecule has 2 aromatic carbocycles. The van der Waals surface area contributed by atoms with Crippen LogP contribution in [0.2, 0.25) is 0 Å². The minimum atomic E-state index is -0.490. The van der Waals surface area contributed by atoms with Gasteiger partial charge in [0.15, 0.2) is 0 Å². The van der Waals surface area contributed by atoms with Crippen LogP contribution in [0.5, 0.6) is 0 Å². The fourth-order valence-electron chi connectivity index (χ4n) is 1.83. The Morgan fingerprint density at radius 2 is 1.67 bits per heavy atom. The maximum atomic E-state index is 9.97. The summed E-state index contributed by atoms with van der Waals surface area (Å²) in [6.45, 7) is 1.18. The number of para-hydroxylation sites is 1. The number of nitrogen functional groups attached to an aromatic ring is 1. The molecule has 2 aromatic rings. The number of hydrogen-bond donors (Lipinski definition) is 3. The van der Waals surface area contributed by atoms with E-state index in [1.54, 1.807) is 0 Å². The molecule has 0 saturated carbocycles. The zero-order chi connectivity index (χ0) is 12.8. The molecule has 0 radical (unpaired) electrons. The highest BCUT2D eigenvalue weighted by atomic mass is 16.3. The second-order valence-electron chi connectivity index (χ2n) is 4.26. The number of nitrogens with one attached hydrogen (secondary N) is 1. The highest BCUT2D eigenvalue weighted by Gasteiger charge is 2.06. The molecule has 0 bridgehead atoms. The molecule has 0 heterocycles. The minimum absolute atomic E-state index is 0.490. The standard InChI is InChI=1S/C15H18N2O/c16-14-9-5-4-8-13(14)10-17-11-15(18)12-6-2-1-3-7-12/h1-9,15,17-18H,10-11,16H2. The Kier molecular flexibility index (Phi) is 4.34. The number of aliphatic hydroxyl groups excluding tert-OH is 1. The lowest BCUT2D eigenvalue weighted by Crippen LogP contribution is -2.21. The first-order valence-electron chi connectivity index (χ1n) is 6.04. The molecular weight excluding hydrogens is 224 g/mol. The summed E-state index contributed by atoms with van der Waals surface area (Å²) in [6, 6.07) is 17.4. The van der Waals surface area contributed by atoms with E-state index < -0.39 is 6.10 Å². The first-order valence-corrected chi connectivity index (χ1v) is 6.04. The summed E-state index contributed by atoms with van der Waals surface area (Å²) in [4.78, 5) is 0. The van der Waals surface area contributed by atoms with Crippen LogP contribution in [0.25, 0.3) is 0 Å². The van der Waals surface area contributed by atoms with E-state index >= 15 is 0 Å². The van der Waals surface area contributed by atoms with Crippen LogP contribution in [0.1, 0.15) is 17.2 Å². The Labute approximate surface area is 107 Å². The molecule has 0 aromatic heterocycles. The van der Waals surface area contributed by atoms with E-state index in [2.05, 4.69) is 5.32 Å². The van der Waals surface area contributed by atoms with Gasteiger partial charge in [-0.1, -0.05) is 48.5 Å². The fraction of sp³-hybridized carbons (Fsp3) is 0.200. The molecule has 2 rings (SSSR count). The summed E-state index contributed by atoms with van der Waals surface area (Å²) >= 11 is 0. The van der Waals surface area contributed by atoms with E-state index in [1.165, 1.54) is 0 Å². The number of nitrogens with two attached hydrogens (primary N) is 1. The summed E-state index contributed by atoms with van der Waals surface area (Å²) in [5, 5.41) is 13.2. The third kappa shape index (κ3) is 3.32. The van der Waals surface area contributed by atoms with Crippen LogP contribution in [-0.2, 0) is 6.54 Å². The molecule has 3 nitrogen and oxygen atoms in total. The number of rotatable bonds is 5. The van der Waals surface area contributed by atoms with Crippen LogP contribution < -0.4 is 11.1 Å². The van der Waals surface area contributed by atoms with Gasteiger partial charge in [0.05, 0.1) is 6.10 Å². The van der Waals surface area contributed by atoms with Gasteiger partial charge in [-0.05, 0) is 17.2 Å². The van der Waals surface area contributed by atoms with Crippen LogP contribution in [0.4, 0.5) is 5.69 Å². The van der Waals surface area contributed by atoms with Gasteiger partial charge in [-0.3, -0.25) is 0 Å². The molecule has 4 N–H and O–H groups in total. The minimum Gasteiger partial charge on any atom is -0.398 e. The van der Waals surface area contributed by atoms with Crippen molar-refractivity contribution < 1.29 is 5.11 Å². The van der Waals surface area contributed by atoms with Crippen molar-refractivity contribution in [2.24, 2.45) is 0 Å². The monoisotopic (exact) mass is 242 g/mol. The van der Waals surface area contributed by atoms with Crippen LogP contribution >= 0.6 is 0 Å². The Morgan fingerprint density at radius 3 is 2.39 bits per heavy atom. The van der Waals surface area contributed by atoms with Crippen molar-refractivity contribution in [3.05, 3.63) is 65.7 Å². The van der Waals surface area contributed by atoms with Crippen molar-refractivity contribution in [1.29, 1.82) is 0 Å². The van der Waals surface area contributed by atoms with Gasteiger partial charge >= 0.3 is 0 Å². The molecule has 0 aliphatic rings. The third-order valence-electron chi connectivity index (χ3n) is 2.89. The van der Waals surface area contributed by atoms with Gasteiger partial charge < -0.3 is 16.2 Å². The van der Waals surface area contributed by atoms with Gasteiger partial charge in [0, 0.05) is 18.8 Å². The zero-order valence-corrected chi connectivity index (χ0v) is 10.2. The smallest absolute Gasteiger partial charge is 0.0914 e. The Balaban J connectivity index is 1.84. The molecule has 1 atom stereocenters. The fourth-order valence-corrected chi connectivity index (χ4v) is 1.83. The van der Waals surface area contributed by atoms with Gasteiger partial charge in [0.25, 0.3) is 0 Å². The number of hydrogen-bond acceptors (Lipinski definition) is 3. The lowest BCUT2D eigenvalue weighted by Gasteiger charge is -2.13. The average Bonchev–Trinajstić information content (AvgIpc) is 2.42. The number of benzene rings is 2. The van der Waals surface area contributed by atoms with Gasteiger partial charge in [-0.15, -0.1) is 0 Å². The lowest BCUT2D eigenvalue weighted by atomic mass is 10.1. The summed E-state index contributed by atoms with van der Waals surface area (Å²) in [7, 11) is 0. The molecule has 1 unspecified atom stereocenters. The molecule has 94 valence electrons. The summed E-state index contributed by atoms with van der Waals surface area (Å²) in [5.41, 5.74) is 8.60. The van der Waals surface area contributed by atoms with Gasteiger partial charge in [-0.2, -0.15) is 0 Å². The topological polar surface area (TPSA) is 58.3 Å². The van der Waals surface area contributed by atoms with Gasteiger partial charge in [0.1, 0.15) is 0 Å². The first kappa shape index (κ1) is 12.6. The van der Waals surface area contributed by atoms with Gasteiger partial charge in [-0.25, -0.2) is 0 Å². The van der Waals surface area contributed by atoms with Crippen LogP contribution in [0, 0.1) is 0 Å². The Bertz CT molecular complexity index is 485. The van der Waals surface area contributed by atoms with Crippen molar-refractivity contribution in [3.63, 3.8) is 0 Å². The lowest BCUT2D eigenvalue weighted by molar-refractivity contribution is 0.174. The highest BCUT2D eigenvalue weighted by Crippen LogP contribution is 2.12. The third-order valence-corrected chi connectivity index (χ3v) is 2.89. The van der Waals surface area contributed by atoms with Crippen molar-refractivity contribution in [2.45, 2.75) is 12.6 Å². The molecule has 3 heteroatoms. The van der Waals surface area contributed by atoms with E-state index in [4.69, 9.17) is 5.73 Å². The largest absolute Gasteiger partial charge is 0.398 e. The molecular formula is C15H18N2O. The van der Waals surface area contributed by atoms with E-state index in [1.807, 2.05) is 54.6 Å². The molecule has 18 heavy (non-hydrogen) atoms. The summed E-state index contributed by atoms with van der Waals surface area (Å²) in [6.07, 6.45) is -0.490. The predicted octanol–water partition coefficient (Wildman–Crippen LogP) is 2.09. The van der Waals surface area contributed by atoms with Crippen LogP contribution in [0.15, 0.2) is 54.6 Å². The van der Waals surface area contributed by atoms with Crippen molar-refractivity contribution >= 4 is 5.69 Å². The quantitative estimate of drug-likeness (QED) is 0.704. The Morgan fingerprint density at radius 1 is 1.00 bits per heavy atom. The molecule has 0 spiro atoms. The van der Waals surface area contributed by atoms with Crippen molar-refractivity contribution in [1.82, 2.24) is 5.32 Å². The highest BCUT2D eigenvalue weighted by molar-refractivity contribution is 5.46. The normalized spacial score (nSPS) is 12.3. The maximum Gasteiger partial charge on any atom is 0.0914 e.